The van der Waals surface area contributed by atoms with Crippen LogP contribution in [-0.2, 0) is 9.84 Å². The maximum atomic E-state index is 12.7. The summed E-state index contributed by atoms with van der Waals surface area (Å²) in [6.07, 6.45) is 0. The van der Waals surface area contributed by atoms with Crippen molar-refractivity contribution in [3.63, 3.8) is 0 Å². The van der Waals surface area contributed by atoms with E-state index in [0.29, 0.717) is 5.56 Å². The molecule has 0 unspecified atom stereocenters. The zero-order valence-corrected chi connectivity index (χ0v) is 9.99. The lowest BCUT2D eigenvalue weighted by Gasteiger charge is -2.04. The van der Waals surface area contributed by atoms with Crippen molar-refractivity contribution < 1.29 is 12.8 Å². The molecule has 0 aromatic heterocycles. The molecule has 5 heteroatoms. The van der Waals surface area contributed by atoms with Gasteiger partial charge in [0, 0.05) is 0 Å². The third-order valence-electron chi connectivity index (χ3n) is 2.42. The minimum absolute atomic E-state index is 0.0219. The molecule has 0 amide bonds. The van der Waals surface area contributed by atoms with Crippen molar-refractivity contribution in [2.45, 2.75) is 9.79 Å². The fraction of sp³-hybridized carbons (Fsp3) is 0. The van der Waals surface area contributed by atoms with Crippen LogP contribution in [0, 0.1) is 17.1 Å². The number of benzene rings is 2. The second-order valence-electron chi connectivity index (χ2n) is 3.59. The van der Waals surface area contributed by atoms with Gasteiger partial charge in [0.1, 0.15) is 5.82 Å². The number of hydrogen-bond donors (Lipinski definition) is 0. The van der Waals surface area contributed by atoms with Crippen molar-refractivity contribution in [3.05, 3.63) is 59.9 Å². The average molecular weight is 261 g/mol. The van der Waals surface area contributed by atoms with E-state index in [9.17, 15) is 12.8 Å². The molecule has 18 heavy (non-hydrogen) atoms. The topological polar surface area (TPSA) is 57.9 Å². The summed E-state index contributed by atoms with van der Waals surface area (Å²) in [5.74, 6) is -0.492. The quantitative estimate of drug-likeness (QED) is 0.780. The van der Waals surface area contributed by atoms with Crippen LogP contribution in [0.15, 0.2) is 58.3 Å². The fourth-order valence-corrected chi connectivity index (χ4v) is 2.72. The summed E-state index contributed by atoms with van der Waals surface area (Å²) >= 11 is 0. The Hall–Kier alpha value is -2.19. The van der Waals surface area contributed by atoms with Crippen molar-refractivity contribution in [2.75, 3.05) is 0 Å². The predicted molar refractivity (Wildman–Crippen MR) is 63.0 cm³/mol. The highest BCUT2D eigenvalue weighted by molar-refractivity contribution is 7.91. The molecule has 0 radical (unpaired) electrons. The molecule has 0 bridgehead atoms. The zero-order chi connectivity index (χ0) is 13.2. The van der Waals surface area contributed by atoms with E-state index in [2.05, 4.69) is 0 Å². The molecule has 0 spiro atoms. The zero-order valence-electron chi connectivity index (χ0n) is 9.17. The summed E-state index contributed by atoms with van der Waals surface area (Å²) < 4.78 is 37.0. The standard InChI is InChI=1S/C13H8FNO2S/c14-11-3-7-13(8-4-11)18(16,17)12-5-1-10(9-15)2-6-12/h1-8H. The molecule has 0 saturated heterocycles. The molecule has 90 valence electrons. The number of hydrogen-bond acceptors (Lipinski definition) is 3. The van der Waals surface area contributed by atoms with Gasteiger partial charge in [0.25, 0.3) is 0 Å². The molecule has 0 N–H and O–H groups in total. The predicted octanol–water partition coefficient (Wildman–Crippen LogP) is 2.53. The maximum absolute atomic E-state index is 12.7. The van der Waals surface area contributed by atoms with E-state index in [-0.39, 0.29) is 9.79 Å². The van der Waals surface area contributed by atoms with E-state index in [1.807, 2.05) is 6.07 Å². The van der Waals surface area contributed by atoms with E-state index in [4.69, 9.17) is 5.26 Å². The molecular weight excluding hydrogens is 253 g/mol. The lowest BCUT2D eigenvalue weighted by atomic mass is 10.2. The molecule has 0 aliphatic heterocycles. The Kier molecular flexibility index (Phi) is 3.13. The number of halogens is 1. The van der Waals surface area contributed by atoms with Gasteiger partial charge in [0.05, 0.1) is 21.4 Å². The minimum Gasteiger partial charge on any atom is -0.219 e. The van der Waals surface area contributed by atoms with Crippen LogP contribution in [0.25, 0.3) is 0 Å². The van der Waals surface area contributed by atoms with Crippen molar-refractivity contribution in [2.24, 2.45) is 0 Å². The van der Waals surface area contributed by atoms with E-state index in [0.717, 1.165) is 12.1 Å². The first-order valence-corrected chi connectivity index (χ1v) is 6.53. The molecule has 2 rings (SSSR count). The lowest BCUT2D eigenvalue weighted by Crippen LogP contribution is -2.01. The summed E-state index contributed by atoms with van der Waals surface area (Å²) in [6, 6.07) is 12.1. The Morgan fingerprint density at radius 2 is 1.33 bits per heavy atom. The molecular formula is C13H8FNO2S. The molecule has 0 aliphatic carbocycles. The summed E-state index contributed by atoms with van der Waals surface area (Å²) in [6.45, 7) is 0. The summed E-state index contributed by atoms with van der Waals surface area (Å²) in [5.41, 5.74) is 0.382. The Labute approximate surface area is 104 Å². The van der Waals surface area contributed by atoms with Crippen LogP contribution in [0.5, 0.6) is 0 Å². The van der Waals surface area contributed by atoms with Gasteiger partial charge in [-0.05, 0) is 48.5 Å². The summed E-state index contributed by atoms with van der Waals surface area (Å²) in [5, 5.41) is 8.64. The van der Waals surface area contributed by atoms with Crippen LogP contribution in [0.1, 0.15) is 5.56 Å². The van der Waals surface area contributed by atoms with Gasteiger partial charge in [-0.1, -0.05) is 0 Å². The number of nitrogens with zero attached hydrogens (tertiary/aromatic N) is 1. The normalized spacial score (nSPS) is 10.9. The van der Waals surface area contributed by atoms with Crippen LogP contribution in [-0.4, -0.2) is 8.42 Å². The molecule has 2 aromatic rings. The second-order valence-corrected chi connectivity index (χ2v) is 5.54. The highest BCUT2D eigenvalue weighted by Crippen LogP contribution is 2.21. The van der Waals surface area contributed by atoms with Crippen LogP contribution < -0.4 is 0 Å². The fourth-order valence-electron chi connectivity index (χ4n) is 1.46. The largest absolute Gasteiger partial charge is 0.219 e. The lowest BCUT2D eigenvalue weighted by molar-refractivity contribution is 0.595. The third-order valence-corrected chi connectivity index (χ3v) is 4.20. The van der Waals surface area contributed by atoms with E-state index in [1.54, 1.807) is 0 Å². The Morgan fingerprint density at radius 3 is 1.78 bits per heavy atom. The second kappa shape index (κ2) is 4.59. The van der Waals surface area contributed by atoms with Crippen molar-refractivity contribution >= 4 is 9.84 Å². The van der Waals surface area contributed by atoms with Crippen LogP contribution in [0.4, 0.5) is 4.39 Å². The van der Waals surface area contributed by atoms with Gasteiger partial charge in [-0.2, -0.15) is 5.26 Å². The van der Waals surface area contributed by atoms with Gasteiger partial charge in [0.2, 0.25) is 9.84 Å². The Balaban J connectivity index is 2.48. The Morgan fingerprint density at radius 1 is 0.889 bits per heavy atom. The number of rotatable bonds is 2. The van der Waals surface area contributed by atoms with Crippen molar-refractivity contribution in [1.29, 1.82) is 5.26 Å². The highest BCUT2D eigenvalue weighted by Gasteiger charge is 2.17. The molecule has 0 aliphatic rings. The van der Waals surface area contributed by atoms with Gasteiger partial charge >= 0.3 is 0 Å². The smallest absolute Gasteiger partial charge is 0.206 e. The van der Waals surface area contributed by atoms with Crippen LogP contribution >= 0.6 is 0 Å². The van der Waals surface area contributed by atoms with E-state index < -0.39 is 15.7 Å². The molecule has 0 fully saturated rings. The molecule has 0 atom stereocenters. The summed E-state index contributed by atoms with van der Waals surface area (Å²) in [7, 11) is -3.66. The molecule has 0 saturated carbocycles. The van der Waals surface area contributed by atoms with Gasteiger partial charge < -0.3 is 0 Å². The first kappa shape index (κ1) is 12.3. The molecule has 3 nitrogen and oxygen atoms in total. The Bertz CT molecular complexity index is 698. The average Bonchev–Trinajstić information content (AvgIpc) is 2.39. The maximum Gasteiger partial charge on any atom is 0.206 e. The van der Waals surface area contributed by atoms with Crippen LogP contribution in [0.3, 0.4) is 0 Å². The molecule has 2 aromatic carbocycles. The number of nitriles is 1. The van der Waals surface area contributed by atoms with Crippen molar-refractivity contribution in [3.8, 4) is 6.07 Å². The third kappa shape index (κ3) is 2.24. The monoisotopic (exact) mass is 261 g/mol. The van der Waals surface area contributed by atoms with E-state index in [1.165, 1.54) is 36.4 Å². The van der Waals surface area contributed by atoms with Gasteiger partial charge in [-0.15, -0.1) is 0 Å². The minimum atomic E-state index is -3.66. The van der Waals surface area contributed by atoms with Gasteiger partial charge in [-0.25, -0.2) is 12.8 Å². The highest BCUT2D eigenvalue weighted by atomic mass is 32.2. The molecule has 0 heterocycles. The summed E-state index contributed by atoms with van der Waals surface area (Å²) in [4.78, 5) is 0.0988. The van der Waals surface area contributed by atoms with Gasteiger partial charge in [-0.3, -0.25) is 0 Å². The number of sulfone groups is 1. The first-order valence-electron chi connectivity index (χ1n) is 5.05. The SMILES string of the molecule is N#Cc1ccc(S(=O)(=O)c2ccc(F)cc2)cc1. The van der Waals surface area contributed by atoms with Gasteiger partial charge in [0.15, 0.2) is 0 Å². The van der Waals surface area contributed by atoms with E-state index >= 15 is 0 Å². The van der Waals surface area contributed by atoms with Crippen molar-refractivity contribution in [1.82, 2.24) is 0 Å². The van der Waals surface area contributed by atoms with Crippen LogP contribution in [0.2, 0.25) is 0 Å². The first-order chi connectivity index (χ1) is 8.54.